The fraction of sp³-hybridized carbons (Fsp3) is 0.455. The van der Waals surface area contributed by atoms with Gasteiger partial charge >= 0.3 is 6.18 Å². The van der Waals surface area contributed by atoms with Crippen LogP contribution in [0.5, 0.6) is 0 Å². The second-order valence-electron chi connectivity index (χ2n) is 5.36. The van der Waals surface area contributed by atoms with Crippen LogP contribution in [0.1, 0.15) is 12.5 Å². The Bertz CT molecular complexity index is 729. The highest BCUT2D eigenvalue weighted by molar-refractivity contribution is 7.89. The van der Waals surface area contributed by atoms with E-state index in [1.165, 1.54) is 0 Å². The van der Waals surface area contributed by atoms with Crippen LogP contribution < -0.4 is 5.73 Å². The molecule has 1 heterocycles. The van der Waals surface area contributed by atoms with Crippen molar-refractivity contribution in [2.45, 2.75) is 23.5 Å². The quantitative estimate of drug-likeness (QED) is 0.640. The van der Waals surface area contributed by atoms with Crippen molar-refractivity contribution in [3.8, 4) is 0 Å². The van der Waals surface area contributed by atoms with Crippen LogP contribution in [0.3, 0.4) is 0 Å². The molecule has 0 spiro atoms. The van der Waals surface area contributed by atoms with E-state index in [4.69, 9.17) is 5.73 Å². The third kappa shape index (κ3) is 3.74. The molecule has 1 fully saturated rings. The fourth-order valence-corrected chi connectivity index (χ4v) is 3.97. The van der Waals surface area contributed by atoms with Crippen molar-refractivity contribution in [1.29, 1.82) is 0 Å². The zero-order valence-electron chi connectivity index (χ0n) is 11.7. The van der Waals surface area contributed by atoms with E-state index < -0.39 is 42.8 Å². The minimum Gasteiger partial charge on any atom is -0.323 e. The summed E-state index contributed by atoms with van der Waals surface area (Å²) in [5.41, 5.74) is 2.52. The molecular weight excluding hydrogens is 363 g/mol. The number of nitro benzene ring substituents is 1. The lowest BCUT2D eigenvalue weighted by molar-refractivity contribution is -0.388. The molecule has 2 rings (SSSR count). The number of nitro groups is 1. The van der Waals surface area contributed by atoms with Gasteiger partial charge in [0, 0.05) is 24.7 Å². The molecule has 2 N–H and O–H groups in total. The van der Waals surface area contributed by atoms with E-state index in [-0.39, 0.29) is 31.6 Å². The number of halogens is 4. The van der Waals surface area contributed by atoms with Crippen molar-refractivity contribution in [2.24, 2.45) is 5.73 Å². The average Bonchev–Trinajstić information content (AvgIpc) is 2.33. The number of nitrogens with two attached hydrogens (primary N) is 1. The molecule has 1 aliphatic heterocycles. The van der Waals surface area contributed by atoms with Crippen molar-refractivity contribution < 1.29 is 26.5 Å². The largest absolute Gasteiger partial charge is 0.416 e. The fourth-order valence-electron chi connectivity index (χ4n) is 2.12. The molecule has 0 atom stereocenters. The van der Waals surface area contributed by atoms with E-state index in [1.807, 2.05) is 0 Å². The van der Waals surface area contributed by atoms with E-state index in [2.05, 4.69) is 0 Å². The molecule has 0 amide bonds. The van der Waals surface area contributed by atoms with Gasteiger partial charge in [0.05, 0.1) is 10.5 Å². The van der Waals surface area contributed by atoms with E-state index >= 15 is 0 Å². The molecule has 1 saturated heterocycles. The van der Waals surface area contributed by atoms with E-state index in [0.717, 1.165) is 4.31 Å². The standard InChI is InChI=1S/C11H12F3N3O4S.ClH/c1-10(15)5-16(6-10)22(20,21)9-3-2-7(11(12,13)14)4-8(9)17(18)19;/h2-4H,5-6,15H2,1H3;1H. The number of sulfonamides is 1. The maximum atomic E-state index is 12.6. The molecule has 0 unspecified atom stereocenters. The summed E-state index contributed by atoms with van der Waals surface area (Å²) in [4.78, 5) is 9.01. The molecule has 0 aliphatic carbocycles. The Balaban J connectivity index is 0.00000264. The zero-order valence-corrected chi connectivity index (χ0v) is 13.3. The van der Waals surface area contributed by atoms with Gasteiger partial charge in [-0.25, -0.2) is 8.42 Å². The number of alkyl halides is 3. The minimum atomic E-state index is -4.81. The predicted octanol–water partition coefficient (Wildman–Crippen LogP) is 1.76. The molecule has 1 aromatic carbocycles. The second kappa shape index (κ2) is 5.89. The summed E-state index contributed by atoms with van der Waals surface area (Å²) in [6.07, 6.45) is -4.81. The zero-order chi connectivity index (χ0) is 16.9. The van der Waals surface area contributed by atoms with Gasteiger partial charge in [-0.2, -0.15) is 17.5 Å². The summed E-state index contributed by atoms with van der Waals surface area (Å²) in [5, 5.41) is 10.9. The Morgan fingerprint density at radius 1 is 1.35 bits per heavy atom. The molecule has 0 aromatic heterocycles. The monoisotopic (exact) mass is 375 g/mol. The predicted molar refractivity (Wildman–Crippen MR) is 76.7 cm³/mol. The van der Waals surface area contributed by atoms with Gasteiger partial charge in [-0.3, -0.25) is 10.1 Å². The number of hydrogen-bond acceptors (Lipinski definition) is 5. The van der Waals surface area contributed by atoms with Crippen LogP contribution >= 0.6 is 12.4 Å². The van der Waals surface area contributed by atoms with Crippen LogP contribution in [0, 0.1) is 10.1 Å². The molecular formula is C11H13ClF3N3O4S. The molecule has 0 bridgehead atoms. The summed E-state index contributed by atoms with van der Waals surface area (Å²) in [5.74, 6) is 0. The van der Waals surface area contributed by atoms with E-state index in [1.54, 1.807) is 6.92 Å². The smallest absolute Gasteiger partial charge is 0.323 e. The van der Waals surface area contributed by atoms with Crippen molar-refractivity contribution in [2.75, 3.05) is 13.1 Å². The van der Waals surface area contributed by atoms with Crippen LogP contribution in [-0.4, -0.2) is 36.3 Å². The van der Waals surface area contributed by atoms with Gasteiger partial charge in [0.15, 0.2) is 4.90 Å². The lowest BCUT2D eigenvalue weighted by Crippen LogP contribution is -2.66. The van der Waals surface area contributed by atoms with E-state index in [0.29, 0.717) is 12.1 Å². The minimum absolute atomic E-state index is 0. The van der Waals surface area contributed by atoms with Crippen LogP contribution in [0.2, 0.25) is 0 Å². The number of benzene rings is 1. The Morgan fingerprint density at radius 2 is 1.87 bits per heavy atom. The molecule has 130 valence electrons. The summed E-state index contributed by atoms with van der Waals surface area (Å²) in [6, 6.07) is 1.32. The Kier molecular flexibility index (Phi) is 5.02. The van der Waals surface area contributed by atoms with Gasteiger partial charge in [0.2, 0.25) is 10.0 Å². The van der Waals surface area contributed by atoms with Crippen molar-refractivity contribution >= 4 is 28.1 Å². The highest BCUT2D eigenvalue weighted by Gasteiger charge is 2.45. The molecule has 1 aliphatic rings. The van der Waals surface area contributed by atoms with Crippen molar-refractivity contribution in [3.63, 3.8) is 0 Å². The Morgan fingerprint density at radius 3 is 2.26 bits per heavy atom. The van der Waals surface area contributed by atoms with Gasteiger partial charge in [-0.15, -0.1) is 12.4 Å². The first-order chi connectivity index (χ1) is 9.84. The number of rotatable bonds is 3. The molecule has 0 saturated carbocycles. The van der Waals surface area contributed by atoms with Crippen LogP contribution in [-0.2, 0) is 16.2 Å². The van der Waals surface area contributed by atoms with Crippen LogP contribution in [0.25, 0.3) is 0 Å². The second-order valence-corrected chi connectivity index (χ2v) is 7.27. The first-order valence-electron chi connectivity index (χ1n) is 5.99. The molecule has 1 aromatic rings. The lowest BCUT2D eigenvalue weighted by Gasteiger charge is -2.43. The lowest BCUT2D eigenvalue weighted by atomic mass is 9.97. The summed E-state index contributed by atoms with van der Waals surface area (Å²) < 4.78 is 63.2. The number of hydrogen-bond donors (Lipinski definition) is 1. The van der Waals surface area contributed by atoms with Gasteiger partial charge in [-0.05, 0) is 19.1 Å². The number of nitrogens with zero attached hydrogens (tertiary/aromatic N) is 2. The molecule has 7 nitrogen and oxygen atoms in total. The first-order valence-corrected chi connectivity index (χ1v) is 7.43. The Labute approximate surface area is 135 Å². The first kappa shape index (κ1) is 19.6. The highest BCUT2D eigenvalue weighted by Crippen LogP contribution is 2.36. The summed E-state index contributed by atoms with van der Waals surface area (Å²) >= 11 is 0. The third-order valence-corrected chi connectivity index (χ3v) is 5.01. The summed E-state index contributed by atoms with van der Waals surface area (Å²) in [6.45, 7) is 1.47. The Hall–Kier alpha value is -1.43. The average molecular weight is 376 g/mol. The summed E-state index contributed by atoms with van der Waals surface area (Å²) in [7, 11) is -4.27. The normalized spacial score (nSPS) is 18.0. The van der Waals surface area contributed by atoms with Gasteiger partial charge in [0.1, 0.15) is 0 Å². The highest BCUT2D eigenvalue weighted by atomic mass is 35.5. The molecule has 0 radical (unpaired) electrons. The molecule has 12 heteroatoms. The maximum absolute atomic E-state index is 12.6. The van der Waals surface area contributed by atoms with Gasteiger partial charge < -0.3 is 5.73 Å². The topological polar surface area (TPSA) is 107 Å². The van der Waals surface area contributed by atoms with Gasteiger partial charge in [-0.1, -0.05) is 0 Å². The maximum Gasteiger partial charge on any atom is 0.416 e. The van der Waals surface area contributed by atoms with Crippen LogP contribution in [0.4, 0.5) is 18.9 Å². The SMILES string of the molecule is CC1(N)CN(S(=O)(=O)c2ccc(C(F)(F)F)cc2[N+](=O)[O-])C1.Cl. The molecule has 23 heavy (non-hydrogen) atoms. The van der Waals surface area contributed by atoms with Crippen LogP contribution in [0.15, 0.2) is 23.1 Å². The van der Waals surface area contributed by atoms with E-state index in [9.17, 15) is 31.7 Å². The van der Waals surface area contributed by atoms with Gasteiger partial charge in [0.25, 0.3) is 5.69 Å². The van der Waals surface area contributed by atoms with Crippen molar-refractivity contribution in [3.05, 3.63) is 33.9 Å². The van der Waals surface area contributed by atoms with Crippen molar-refractivity contribution in [1.82, 2.24) is 4.31 Å². The third-order valence-electron chi connectivity index (χ3n) is 3.18.